The first-order valence-corrected chi connectivity index (χ1v) is 6.87. The molecule has 0 spiro atoms. The van der Waals surface area contributed by atoms with Crippen LogP contribution in [0.25, 0.3) is 0 Å². The zero-order valence-corrected chi connectivity index (χ0v) is 11.5. The van der Waals surface area contributed by atoms with Crippen molar-refractivity contribution in [2.45, 2.75) is 39.2 Å². The molecule has 2 aromatic rings. The fourth-order valence-electron chi connectivity index (χ4n) is 2.67. The Kier molecular flexibility index (Phi) is 3.38. The smallest absolute Gasteiger partial charge is 0.214 e. The van der Waals surface area contributed by atoms with Crippen LogP contribution in [-0.4, -0.2) is 27.6 Å². The lowest BCUT2D eigenvalue weighted by Crippen LogP contribution is -2.27. The van der Waals surface area contributed by atoms with E-state index in [9.17, 15) is 0 Å². The number of imidazole rings is 1. The minimum absolute atomic E-state index is 0.598. The van der Waals surface area contributed by atoms with E-state index >= 15 is 0 Å². The van der Waals surface area contributed by atoms with E-state index in [1.165, 1.54) is 18.5 Å². The van der Waals surface area contributed by atoms with Crippen molar-refractivity contribution in [3.8, 4) is 0 Å². The normalized spacial score (nSPS) is 16.9. The van der Waals surface area contributed by atoms with Gasteiger partial charge in [0.25, 0.3) is 0 Å². The molecule has 0 atom stereocenters. The lowest BCUT2D eigenvalue weighted by atomic mass is 9.95. The van der Waals surface area contributed by atoms with Crippen molar-refractivity contribution in [1.29, 1.82) is 0 Å². The molecule has 0 radical (unpaired) electrons. The number of hydrogen-bond acceptors (Lipinski definition) is 4. The molecular formula is C14H20N4O. The highest BCUT2D eigenvalue weighted by Gasteiger charge is 2.19. The van der Waals surface area contributed by atoms with Gasteiger partial charge in [-0.15, -0.1) is 0 Å². The first kappa shape index (κ1) is 12.4. The Labute approximate surface area is 113 Å². The van der Waals surface area contributed by atoms with Gasteiger partial charge in [0, 0.05) is 17.8 Å². The Balaban J connectivity index is 1.79. The summed E-state index contributed by atoms with van der Waals surface area (Å²) >= 11 is 0. The van der Waals surface area contributed by atoms with Gasteiger partial charge in [-0.2, -0.15) is 0 Å². The van der Waals surface area contributed by atoms with Crippen molar-refractivity contribution in [2.24, 2.45) is 0 Å². The molecule has 0 bridgehead atoms. The summed E-state index contributed by atoms with van der Waals surface area (Å²) < 4.78 is 7.83. The molecule has 0 saturated carbocycles. The van der Waals surface area contributed by atoms with Crippen LogP contribution in [0, 0.1) is 13.8 Å². The average molecular weight is 260 g/mol. The van der Waals surface area contributed by atoms with E-state index in [2.05, 4.69) is 19.9 Å². The van der Waals surface area contributed by atoms with E-state index in [4.69, 9.17) is 4.42 Å². The van der Waals surface area contributed by atoms with Gasteiger partial charge in [-0.05, 0) is 39.8 Å². The summed E-state index contributed by atoms with van der Waals surface area (Å²) in [7, 11) is 0. The number of aryl methyl sites for hydroxylation is 2. The Morgan fingerprint density at radius 3 is 2.84 bits per heavy atom. The molecule has 5 nitrogen and oxygen atoms in total. The Morgan fingerprint density at radius 2 is 2.16 bits per heavy atom. The van der Waals surface area contributed by atoms with Crippen molar-refractivity contribution >= 4 is 0 Å². The van der Waals surface area contributed by atoms with Crippen molar-refractivity contribution in [1.82, 2.24) is 19.9 Å². The van der Waals surface area contributed by atoms with Gasteiger partial charge < -0.3 is 14.3 Å². The molecule has 3 heterocycles. The van der Waals surface area contributed by atoms with Crippen LogP contribution in [0.3, 0.4) is 0 Å². The number of oxazole rings is 1. The molecule has 1 saturated heterocycles. The molecule has 19 heavy (non-hydrogen) atoms. The predicted octanol–water partition coefficient (Wildman–Crippen LogP) is 2.00. The van der Waals surface area contributed by atoms with E-state index in [-0.39, 0.29) is 0 Å². The molecule has 5 heteroatoms. The van der Waals surface area contributed by atoms with Crippen LogP contribution in [0.5, 0.6) is 0 Å². The zero-order chi connectivity index (χ0) is 13.2. The number of nitrogens with one attached hydrogen (secondary N) is 1. The Morgan fingerprint density at radius 1 is 1.37 bits per heavy atom. The standard InChI is InChI=1S/C14H20N4O/c1-10-11(2)19-14(17-10)8-18-9-16-7-13(18)12-3-5-15-6-4-12/h7,9,12,15H,3-6,8H2,1-2H3. The van der Waals surface area contributed by atoms with Crippen LogP contribution >= 0.6 is 0 Å². The second-order valence-corrected chi connectivity index (χ2v) is 5.22. The molecular weight excluding hydrogens is 240 g/mol. The Hall–Kier alpha value is -1.62. The molecule has 1 N–H and O–H groups in total. The number of rotatable bonds is 3. The highest BCUT2D eigenvalue weighted by atomic mass is 16.4. The lowest BCUT2D eigenvalue weighted by molar-refractivity contribution is 0.423. The highest BCUT2D eigenvalue weighted by Crippen LogP contribution is 2.25. The summed E-state index contributed by atoms with van der Waals surface area (Å²) in [4.78, 5) is 8.74. The van der Waals surface area contributed by atoms with Gasteiger partial charge in [0.15, 0.2) is 0 Å². The van der Waals surface area contributed by atoms with Crippen LogP contribution in [0.15, 0.2) is 16.9 Å². The molecule has 0 aromatic carbocycles. The largest absolute Gasteiger partial charge is 0.444 e. The number of hydrogen-bond donors (Lipinski definition) is 1. The summed E-state index contributed by atoms with van der Waals surface area (Å²) in [5, 5.41) is 3.40. The third kappa shape index (κ3) is 2.56. The fourth-order valence-corrected chi connectivity index (χ4v) is 2.67. The van der Waals surface area contributed by atoms with Gasteiger partial charge in [0.05, 0.1) is 12.0 Å². The summed E-state index contributed by atoms with van der Waals surface area (Å²) in [6.45, 7) is 6.78. The van der Waals surface area contributed by atoms with Crippen molar-refractivity contribution < 1.29 is 4.42 Å². The number of aromatic nitrogens is 3. The second kappa shape index (κ2) is 5.17. The molecule has 102 valence electrons. The van der Waals surface area contributed by atoms with E-state index in [1.54, 1.807) is 0 Å². The van der Waals surface area contributed by atoms with Crippen LogP contribution in [0.2, 0.25) is 0 Å². The molecule has 2 aromatic heterocycles. The first-order chi connectivity index (χ1) is 9.24. The quantitative estimate of drug-likeness (QED) is 0.917. The van der Waals surface area contributed by atoms with Crippen molar-refractivity contribution in [3.05, 3.63) is 35.6 Å². The topological polar surface area (TPSA) is 55.9 Å². The molecule has 0 unspecified atom stereocenters. The highest BCUT2D eigenvalue weighted by molar-refractivity contribution is 5.11. The SMILES string of the molecule is Cc1nc(Cn2cncc2C2CCNCC2)oc1C. The van der Waals surface area contributed by atoms with Crippen LogP contribution < -0.4 is 5.32 Å². The van der Waals surface area contributed by atoms with Crippen LogP contribution in [0.4, 0.5) is 0 Å². The van der Waals surface area contributed by atoms with Gasteiger partial charge in [0.1, 0.15) is 12.3 Å². The first-order valence-electron chi connectivity index (χ1n) is 6.87. The maximum Gasteiger partial charge on any atom is 0.214 e. The van der Waals surface area contributed by atoms with E-state index in [0.29, 0.717) is 12.5 Å². The summed E-state index contributed by atoms with van der Waals surface area (Å²) in [6.07, 6.45) is 6.22. The Bertz CT molecular complexity index is 532. The predicted molar refractivity (Wildman–Crippen MR) is 72.2 cm³/mol. The van der Waals surface area contributed by atoms with E-state index in [1.807, 2.05) is 26.4 Å². The van der Waals surface area contributed by atoms with Crippen molar-refractivity contribution in [2.75, 3.05) is 13.1 Å². The summed E-state index contributed by atoms with van der Waals surface area (Å²) in [6, 6.07) is 0. The third-order valence-electron chi connectivity index (χ3n) is 3.88. The zero-order valence-electron chi connectivity index (χ0n) is 11.5. The van der Waals surface area contributed by atoms with Gasteiger partial charge in [0.2, 0.25) is 5.89 Å². The molecule has 3 rings (SSSR count). The molecule has 1 aliphatic rings. The average Bonchev–Trinajstić information content (AvgIpc) is 2.99. The van der Waals surface area contributed by atoms with E-state index in [0.717, 1.165) is 30.4 Å². The van der Waals surface area contributed by atoms with Crippen molar-refractivity contribution in [3.63, 3.8) is 0 Å². The maximum absolute atomic E-state index is 5.66. The van der Waals surface area contributed by atoms with E-state index < -0.39 is 0 Å². The number of nitrogens with zero attached hydrogens (tertiary/aromatic N) is 3. The minimum Gasteiger partial charge on any atom is -0.444 e. The molecule has 1 fully saturated rings. The van der Waals surface area contributed by atoms with Gasteiger partial charge >= 0.3 is 0 Å². The van der Waals surface area contributed by atoms with Gasteiger partial charge in [-0.3, -0.25) is 0 Å². The summed E-state index contributed by atoms with van der Waals surface area (Å²) in [5.41, 5.74) is 2.27. The van der Waals surface area contributed by atoms with Gasteiger partial charge in [-0.1, -0.05) is 0 Å². The summed E-state index contributed by atoms with van der Waals surface area (Å²) in [5.74, 6) is 2.27. The molecule has 0 amide bonds. The van der Waals surface area contributed by atoms with Crippen LogP contribution in [0.1, 0.15) is 41.8 Å². The third-order valence-corrected chi connectivity index (χ3v) is 3.88. The minimum atomic E-state index is 0.598. The lowest BCUT2D eigenvalue weighted by Gasteiger charge is -2.23. The molecule has 1 aliphatic heterocycles. The van der Waals surface area contributed by atoms with Gasteiger partial charge in [-0.25, -0.2) is 9.97 Å². The van der Waals surface area contributed by atoms with Crippen LogP contribution in [-0.2, 0) is 6.54 Å². The fraction of sp³-hybridized carbons (Fsp3) is 0.571. The monoisotopic (exact) mass is 260 g/mol. The molecule has 0 aliphatic carbocycles. The second-order valence-electron chi connectivity index (χ2n) is 5.22. The number of piperidine rings is 1. The maximum atomic E-state index is 5.66.